The number of aromatic nitrogens is 1. The quantitative estimate of drug-likeness (QED) is 0.747. The molecule has 0 radical (unpaired) electrons. The lowest BCUT2D eigenvalue weighted by atomic mass is 9.97. The van der Waals surface area contributed by atoms with E-state index in [2.05, 4.69) is 11.1 Å². The lowest BCUT2D eigenvalue weighted by Crippen LogP contribution is -2.32. The highest BCUT2D eigenvalue weighted by atomic mass is 16.1. The Morgan fingerprint density at radius 2 is 2.24 bits per heavy atom. The molecule has 17 heavy (non-hydrogen) atoms. The first kappa shape index (κ1) is 11.9. The molecule has 2 rings (SSSR count). The first-order valence-electron chi connectivity index (χ1n) is 6.06. The van der Waals surface area contributed by atoms with Crippen molar-refractivity contribution in [1.29, 1.82) is 0 Å². The van der Waals surface area contributed by atoms with Crippen molar-refractivity contribution in [2.75, 3.05) is 25.5 Å². The number of pyridine rings is 1. The molecule has 0 aliphatic carbocycles. The summed E-state index contributed by atoms with van der Waals surface area (Å²) in [4.78, 5) is 19.3. The van der Waals surface area contributed by atoms with E-state index >= 15 is 0 Å². The van der Waals surface area contributed by atoms with Gasteiger partial charge in [-0.25, -0.2) is 4.98 Å². The Bertz CT molecular complexity index is 375. The molecule has 92 valence electrons. The number of hydrogen-bond donors (Lipinski definition) is 0. The van der Waals surface area contributed by atoms with Crippen molar-refractivity contribution in [2.24, 2.45) is 0 Å². The summed E-state index contributed by atoms with van der Waals surface area (Å²) in [6, 6.07) is 4.30. The monoisotopic (exact) mass is 233 g/mol. The molecule has 0 saturated carbocycles. The number of carbonyl (C=O) groups is 1. The molecular weight excluding hydrogens is 214 g/mol. The fourth-order valence-electron chi connectivity index (χ4n) is 2.30. The van der Waals surface area contributed by atoms with Gasteiger partial charge in [-0.05, 0) is 30.9 Å². The van der Waals surface area contributed by atoms with Gasteiger partial charge in [-0.1, -0.05) is 6.07 Å². The van der Waals surface area contributed by atoms with Gasteiger partial charge in [0, 0.05) is 26.8 Å². The van der Waals surface area contributed by atoms with E-state index in [1.165, 1.54) is 6.42 Å². The highest BCUT2D eigenvalue weighted by Gasteiger charge is 2.22. The Kier molecular flexibility index (Phi) is 3.61. The zero-order valence-electron chi connectivity index (χ0n) is 10.5. The predicted molar refractivity (Wildman–Crippen MR) is 67.9 cm³/mol. The van der Waals surface area contributed by atoms with Crippen LogP contribution in [0.3, 0.4) is 0 Å². The summed E-state index contributed by atoms with van der Waals surface area (Å²) in [5, 5.41) is 0. The minimum Gasteiger partial charge on any atom is -0.363 e. The number of nitrogens with zero attached hydrogens (tertiary/aromatic N) is 3. The van der Waals surface area contributed by atoms with Crippen LogP contribution in [0.5, 0.6) is 0 Å². The summed E-state index contributed by atoms with van der Waals surface area (Å²) >= 11 is 0. The van der Waals surface area contributed by atoms with Crippen molar-refractivity contribution in [3.8, 4) is 0 Å². The first-order valence-corrected chi connectivity index (χ1v) is 6.06. The highest BCUT2D eigenvalue weighted by molar-refractivity contribution is 5.49. The third-order valence-corrected chi connectivity index (χ3v) is 3.29. The van der Waals surface area contributed by atoms with Gasteiger partial charge in [0.05, 0.1) is 6.04 Å². The molecule has 2 heterocycles. The van der Waals surface area contributed by atoms with Gasteiger partial charge >= 0.3 is 0 Å². The second-order valence-corrected chi connectivity index (χ2v) is 4.70. The molecule has 4 nitrogen and oxygen atoms in total. The molecule has 0 unspecified atom stereocenters. The molecular formula is C13H19N3O. The van der Waals surface area contributed by atoms with Crippen LogP contribution in [0.25, 0.3) is 0 Å². The average Bonchev–Trinajstić information content (AvgIpc) is 2.39. The van der Waals surface area contributed by atoms with Crippen LogP contribution in [0.15, 0.2) is 18.3 Å². The minimum absolute atomic E-state index is 0.213. The molecule has 0 N–H and O–H groups in total. The van der Waals surface area contributed by atoms with E-state index in [9.17, 15) is 4.79 Å². The van der Waals surface area contributed by atoms with E-state index in [0.717, 1.165) is 37.2 Å². The van der Waals surface area contributed by atoms with Crippen LogP contribution in [0.2, 0.25) is 0 Å². The molecule has 1 amide bonds. The zero-order chi connectivity index (χ0) is 12.3. The lowest BCUT2D eigenvalue weighted by molar-refractivity contribution is -0.121. The van der Waals surface area contributed by atoms with Gasteiger partial charge in [0.2, 0.25) is 6.41 Å². The number of carbonyl (C=O) groups excluding carboxylic acids is 1. The summed E-state index contributed by atoms with van der Waals surface area (Å²) in [6.45, 7) is 0.865. The molecule has 1 aliphatic rings. The van der Waals surface area contributed by atoms with Crippen LogP contribution in [0.4, 0.5) is 5.82 Å². The molecule has 0 aromatic carbocycles. The third kappa shape index (κ3) is 2.57. The fourth-order valence-corrected chi connectivity index (χ4v) is 2.30. The van der Waals surface area contributed by atoms with Gasteiger partial charge in [-0.2, -0.15) is 0 Å². The number of amides is 1. The van der Waals surface area contributed by atoms with E-state index in [-0.39, 0.29) is 6.04 Å². The number of likely N-dealkylation sites (tertiary alicyclic amines) is 1. The summed E-state index contributed by atoms with van der Waals surface area (Å²) in [5.41, 5.74) is 1.14. The van der Waals surface area contributed by atoms with Crippen molar-refractivity contribution >= 4 is 12.2 Å². The highest BCUT2D eigenvalue weighted by Crippen LogP contribution is 2.29. The maximum absolute atomic E-state index is 11.0. The van der Waals surface area contributed by atoms with Crippen LogP contribution >= 0.6 is 0 Å². The smallest absolute Gasteiger partial charge is 0.210 e. The molecule has 1 atom stereocenters. The third-order valence-electron chi connectivity index (χ3n) is 3.29. The van der Waals surface area contributed by atoms with Gasteiger partial charge in [-0.3, -0.25) is 4.79 Å². The van der Waals surface area contributed by atoms with E-state index in [4.69, 9.17) is 0 Å². The SMILES string of the molecule is CN(C)c1ccc([C@@H]2CCCCN2C=O)cn1. The number of rotatable bonds is 3. The zero-order valence-corrected chi connectivity index (χ0v) is 10.5. The van der Waals surface area contributed by atoms with Gasteiger partial charge in [-0.15, -0.1) is 0 Å². The van der Waals surface area contributed by atoms with Gasteiger partial charge in [0.15, 0.2) is 0 Å². The topological polar surface area (TPSA) is 36.4 Å². The first-order chi connectivity index (χ1) is 8.22. The Balaban J connectivity index is 2.17. The molecule has 4 heteroatoms. The van der Waals surface area contributed by atoms with E-state index in [0.29, 0.717) is 0 Å². The van der Waals surface area contributed by atoms with Crippen LogP contribution < -0.4 is 4.90 Å². The Labute approximate surface area is 102 Å². The molecule has 0 spiro atoms. The number of piperidine rings is 1. The van der Waals surface area contributed by atoms with E-state index in [1.807, 2.05) is 36.2 Å². The van der Waals surface area contributed by atoms with Crippen LogP contribution in [-0.2, 0) is 4.79 Å². The largest absolute Gasteiger partial charge is 0.363 e. The minimum atomic E-state index is 0.213. The van der Waals surface area contributed by atoms with Crippen LogP contribution in [-0.4, -0.2) is 36.9 Å². The van der Waals surface area contributed by atoms with Gasteiger partial charge < -0.3 is 9.80 Å². The lowest BCUT2D eigenvalue weighted by Gasteiger charge is -2.32. The van der Waals surface area contributed by atoms with Crippen molar-refractivity contribution in [1.82, 2.24) is 9.88 Å². The summed E-state index contributed by atoms with van der Waals surface area (Å²) < 4.78 is 0. The predicted octanol–water partition coefficient (Wildman–Crippen LogP) is 1.83. The fraction of sp³-hybridized carbons (Fsp3) is 0.538. The maximum atomic E-state index is 11.0. The van der Waals surface area contributed by atoms with Crippen molar-refractivity contribution < 1.29 is 4.79 Å². The molecule has 1 fully saturated rings. The van der Waals surface area contributed by atoms with Gasteiger partial charge in [0.25, 0.3) is 0 Å². The maximum Gasteiger partial charge on any atom is 0.210 e. The number of hydrogen-bond acceptors (Lipinski definition) is 3. The summed E-state index contributed by atoms with van der Waals surface area (Å²) in [7, 11) is 3.95. The molecule has 1 aromatic heterocycles. The van der Waals surface area contributed by atoms with Crippen molar-refractivity contribution in [3.63, 3.8) is 0 Å². The standard InChI is InChI=1S/C13H19N3O/c1-15(2)13-7-6-11(9-14-13)12-5-3-4-8-16(12)10-17/h6-7,9-10,12H,3-5,8H2,1-2H3/t12-/m0/s1. The second-order valence-electron chi connectivity index (χ2n) is 4.70. The van der Waals surface area contributed by atoms with Crippen LogP contribution in [0.1, 0.15) is 30.9 Å². The van der Waals surface area contributed by atoms with E-state index < -0.39 is 0 Å². The molecule has 0 bridgehead atoms. The number of anilines is 1. The van der Waals surface area contributed by atoms with Crippen molar-refractivity contribution in [2.45, 2.75) is 25.3 Å². The Morgan fingerprint density at radius 3 is 2.82 bits per heavy atom. The van der Waals surface area contributed by atoms with Crippen LogP contribution in [0, 0.1) is 0 Å². The van der Waals surface area contributed by atoms with Crippen molar-refractivity contribution in [3.05, 3.63) is 23.9 Å². The summed E-state index contributed by atoms with van der Waals surface area (Å²) in [6.07, 6.45) is 6.19. The normalized spacial score (nSPS) is 20.1. The Hall–Kier alpha value is -1.58. The average molecular weight is 233 g/mol. The van der Waals surface area contributed by atoms with Gasteiger partial charge in [0.1, 0.15) is 5.82 Å². The molecule has 1 aliphatic heterocycles. The molecule has 1 aromatic rings. The summed E-state index contributed by atoms with van der Waals surface area (Å²) in [5.74, 6) is 0.946. The second kappa shape index (κ2) is 5.17. The van der Waals surface area contributed by atoms with E-state index in [1.54, 1.807) is 0 Å². The Morgan fingerprint density at radius 1 is 1.41 bits per heavy atom. The molecule has 1 saturated heterocycles.